The summed E-state index contributed by atoms with van der Waals surface area (Å²) in [5, 5.41) is 16.9. The van der Waals surface area contributed by atoms with E-state index in [-0.39, 0.29) is 0 Å². The average molecular weight is 404 g/mol. The first kappa shape index (κ1) is 19.7. The van der Waals surface area contributed by atoms with Gasteiger partial charge in [-0.15, -0.1) is 5.10 Å². The molecule has 0 radical (unpaired) electrons. The van der Waals surface area contributed by atoms with Gasteiger partial charge in [0.25, 0.3) is 0 Å². The van der Waals surface area contributed by atoms with Crippen LogP contribution in [-0.2, 0) is 6.54 Å². The van der Waals surface area contributed by atoms with Crippen molar-refractivity contribution in [3.63, 3.8) is 0 Å². The lowest BCUT2D eigenvalue weighted by Gasteiger charge is -2.11. The molecule has 0 saturated carbocycles. The summed E-state index contributed by atoms with van der Waals surface area (Å²) in [6, 6.07) is 15.6. The first-order valence-corrected chi connectivity index (χ1v) is 10.2. The van der Waals surface area contributed by atoms with E-state index in [0.717, 1.165) is 52.4 Å². The Morgan fingerprint density at radius 2 is 2.04 bits per heavy atom. The maximum atomic E-state index is 6.09. The fourth-order valence-electron chi connectivity index (χ4n) is 2.57. The molecule has 0 unspecified atom stereocenters. The Hall–Kier alpha value is -2.09. The monoisotopic (exact) mass is 403 g/mol. The molecule has 2 aromatic carbocycles. The van der Waals surface area contributed by atoms with Gasteiger partial charge < -0.3 is 10.1 Å². The second-order valence-electron chi connectivity index (χ2n) is 5.77. The van der Waals surface area contributed by atoms with Gasteiger partial charge >= 0.3 is 0 Å². The highest BCUT2D eigenvalue weighted by Crippen LogP contribution is 2.23. The zero-order chi connectivity index (χ0) is 18.9. The summed E-state index contributed by atoms with van der Waals surface area (Å²) in [4.78, 5) is 0. The zero-order valence-electron chi connectivity index (χ0n) is 15.1. The van der Waals surface area contributed by atoms with E-state index in [0.29, 0.717) is 6.61 Å². The lowest BCUT2D eigenvalue weighted by molar-refractivity contribution is 0.335. The first-order valence-electron chi connectivity index (χ1n) is 8.86. The van der Waals surface area contributed by atoms with E-state index in [1.54, 1.807) is 16.4 Å². The minimum Gasteiger partial charge on any atom is -0.494 e. The zero-order valence-corrected chi connectivity index (χ0v) is 16.7. The molecule has 3 rings (SSSR count). The molecule has 0 bridgehead atoms. The maximum Gasteiger partial charge on any atom is 0.214 e. The van der Waals surface area contributed by atoms with Crippen molar-refractivity contribution in [2.45, 2.75) is 25.0 Å². The molecular weight excluding hydrogens is 382 g/mol. The molecule has 1 aromatic heterocycles. The van der Waals surface area contributed by atoms with Crippen LogP contribution in [-0.4, -0.2) is 39.1 Å². The van der Waals surface area contributed by atoms with E-state index in [4.69, 9.17) is 16.3 Å². The lowest BCUT2D eigenvalue weighted by atomic mass is 10.2. The SMILES string of the molecule is CCOc1ccc(Cl)cc1CNCCCSc1nnnn1-c1ccccc1. The fraction of sp³-hybridized carbons (Fsp3) is 0.316. The number of ether oxygens (including phenoxy) is 1. The Bertz CT molecular complexity index is 843. The van der Waals surface area contributed by atoms with E-state index in [1.165, 1.54) is 0 Å². The van der Waals surface area contributed by atoms with Crippen LogP contribution >= 0.6 is 23.4 Å². The standard InChI is InChI=1S/C19H22ClN5OS/c1-2-26-18-10-9-16(20)13-15(18)14-21-11-6-12-27-19-22-23-24-25(19)17-7-4-3-5-8-17/h3-5,7-10,13,21H,2,6,11-12,14H2,1H3. The molecule has 0 aliphatic carbocycles. The van der Waals surface area contributed by atoms with Gasteiger partial charge in [0.05, 0.1) is 12.3 Å². The van der Waals surface area contributed by atoms with Gasteiger partial charge in [0.15, 0.2) is 0 Å². The molecule has 8 heteroatoms. The quantitative estimate of drug-likeness (QED) is 0.408. The molecule has 0 fully saturated rings. The van der Waals surface area contributed by atoms with Crippen molar-refractivity contribution < 1.29 is 4.74 Å². The number of benzene rings is 2. The summed E-state index contributed by atoms with van der Waals surface area (Å²) in [6.45, 7) is 4.23. The Labute approximate surface area is 168 Å². The largest absolute Gasteiger partial charge is 0.494 e. The Kier molecular flexibility index (Phi) is 7.50. The molecule has 3 aromatic rings. The molecule has 0 aliphatic rings. The number of hydrogen-bond donors (Lipinski definition) is 1. The van der Waals surface area contributed by atoms with Crippen molar-refractivity contribution in [1.82, 2.24) is 25.5 Å². The summed E-state index contributed by atoms with van der Waals surface area (Å²) in [5.74, 6) is 1.81. The minimum absolute atomic E-state index is 0.640. The van der Waals surface area contributed by atoms with Gasteiger partial charge in [-0.2, -0.15) is 4.68 Å². The lowest BCUT2D eigenvalue weighted by Crippen LogP contribution is -2.16. The van der Waals surface area contributed by atoms with Gasteiger partial charge in [-0.1, -0.05) is 41.6 Å². The van der Waals surface area contributed by atoms with E-state index in [9.17, 15) is 0 Å². The molecule has 6 nitrogen and oxygen atoms in total. The number of tetrazole rings is 1. The van der Waals surface area contributed by atoms with Crippen LogP contribution in [0, 0.1) is 0 Å². The summed E-state index contributed by atoms with van der Waals surface area (Å²) in [6.07, 6.45) is 0.997. The van der Waals surface area contributed by atoms with Crippen molar-refractivity contribution >= 4 is 23.4 Å². The minimum atomic E-state index is 0.640. The Balaban J connectivity index is 1.43. The highest BCUT2D eigenvalue weighted by molar-refractivity contribution is 7.99. The van der Waals surface area contributed by atoms with Crippen molar-refractivity contribution in [3.05, 3.63) is 59.1 Å². The van der Waals surface area contributed by atoms with Gasteiger partial charge in [0.2, 0.25) is 5.16 Å². The molecule has 0 saturated heterocycles. The van der Waals surface area contributed by atoms with Gasteiger partial charge in [-0.25, -0.2) is 0 Å². The van der Waals surface area contributed by atoms with E-state index >= 15 is 0 Å². The second-order valence-corrected chi connectivity index (χ2v) is 7.27. The average Bonchev–Trinajstić information content (AvgIpc) is 3.16. The Morgan fingerprint density at radius 1 is 1.19 bits per heavy atom. The van der Waals surface area contributed by atoms with Gasteiger partial charge in [-0.05, 0) is 60.6 Å². The Morgan fingerprint density at radius 3 is 2.85 bits per heavy atom. The number of nitrogens with zero attached hydrogens (tertiary/aromatic N) is 4. The third-order valence-electron chi connectivity index (χ3n) is 3.81. The summed E-state index contributed by atoms with van der Waals surface area (Å²) in [7, 11) is 0. The van der Waals surface area contributed by atoms with Gasteiger partial charge in [0, 0.05) is 22.9 Å². The predicted octanol–water partition coefficient (Wildman–Crippen LogP) is 3.99. The van der Waals surface area contributed by atoms with Crippen molar-refractivity contribution in [3.8, 4) is 11.4 Å². The highest BCUT2D eigenvalue weighted by Gasteiger charge is 2.08. The van der Waals surface area contributed by atoms with Crippen molar-refractivity contribution in [2.75, 3.05) is 18.9 Å². The summed E-state index contributed by atoms with van der Waals surface area (Å²) < 4.78 is 7.41. The number of thioether (sulfide) groups is 1. The third-order valence-corrected chi connectivity index (χ3v) is 5.05. The topological polar surface area (TPSA) is 64.9 Å². The van der Waals surface area contributed by atoms with Crippen LogP contribution in [0.2, 0.25) is 5.02 Å². The number of hydrogen-bond acceptors (Lipinski definition) is 6. The molecular formula is C19H22ClN5OS. The van der Waals surface area contributed by atoms with Crippen LogP contribution in [0.4, 0.5) is 0 Å². The van der Waals surface area contributed by atoms with E-state index in [1.807, 2.05) is 55.5 Å². The predicted molar refractivity (Wildman–Crippen MR) is 109 cm³/mol. The molecule has 1 N–H and O–H groups in total. The molecule has 27 heavy (non-hydrogen) atoms. The molecule has 1 heterocycles. The van der Waals surface area contributed by atoms with Gasteiger partial charge in [-0.3, -0.25) is 0 Å². The summed E-state index contributed by atoms with van der Waals surface area (Å²) in [5.41, 5.74) is 2.04. The van der Waals surface area contributed by atoms with Crippen LogP contribution < -0.4 is 10.1 Å². The van der Waals surface area contributed by atoms with Crippen LogP contribution in [0.15, 0.2) is 53.7 Å². The summed E-state index contributed by atoms with van der Waals surface area (Å²) >= 11 is 7.74. The normalized spacial score (nSPS) is 10.9. The smallest absolute Gasteiger partial charge is 0.214 e. The number of nitrogens with one attached hydrogen (secondary N) is 1. The molecule has 0 spiro atoms. The van der Waals surface area contributed by atoms with E-state index in [2.05, 4.69) is 20.8 Å². The second kappa shape index (κ2) is 10.3. The highest BCUT2D eigenvalue weighted by atomic mass is 35.5. The first-order chi connectivity index (χ1) is 13.3. The van der Waals surface area contributed by atoms with Crippen molar-refractivity contribution in [1.29, 1.82) is 0 Å². The number of halogens is 1. The molecule has 142 valence electrons. The van der Waals surface area contributed by atoms with Crippen LogP contribution in [0.25, 0.3) is 5.69 Å². The maximum absolute atomic E-state index is 6.09. The van der Waals surface area contributed by atoms with Gasteiger partial charge in [0.1, 0.15) is 5.75 Å². The van der Waals surface area contributed by atoms with Crippen LogP contribution in [0.5, 0.6) is 5.75 Å². The molecule has 0 amide bonds. The molecule has 0 aliphatic heterocycles. The molecule has 0 atom stereocenters. The van der Waals surface area contributed by atoms with Crippen molar-refractivity contribution in [2.24, 2.45) is 0 Å². The third kappa shape index (κ3) is 5.69. The van der Waals surface area contributed by atoms with Crippen LogP contribution in [0.1, 0.15) is 18.9 Å². The number of para-hydroxylation sites is 1. The number of rotatable bonds is 10. The number of aromatic nitrogens is 4. The van der Waals surface area contributed by atoms with E-state index < -0.39 is 0 Å². The van der Waals surface area contributed by atoms with Crippen LogP contribution in [0.3, 0.4) is 0 Å². The fourth-order valence-corrected chi connectivity index (χ4v) is 3.59.